The molecule has 1 saturated heterocycles. The number of hydrogen-bond donors (Lipinski definition) is 2. The van der Waals surface area contributed by atoms with Crippen molar-refractivity contribution in [3.05, 3.63) is 0 Å². The van der Waals surface area contributed by atoms with Crippen LogP contribution >= 0.6 is 0 Å². The second kappa shape index (κ2) is 6.50. The summed E-state index contributed by atoms with van der Waals surface area (Å²) < 4.78 is 5.65. The number of nitrogens with zero attached hydrogens (tertiary/aromatic N) is 1. The van der Waals surface area contributed by atoms with Crippen molar-refractivity contribution in [1.82, 2.24) is 4.90 Å². The third-order valence-electron chi connectivity index (χ3n) is 3.47. The van der Waals surface area contributed by atoms with Crippen molar-refractivity contribution >= 4 is 5.91 Å². The van der Waals surface area contributed by atoms with Crippen molar-refractivity contribution in [2.45, 2.75) is 45.3 Å². The molecule has 0 aromatic heterocycles. The summed E-state index contributed by atoms with van der Waals surface area (Å²) in [6, 6.07) is 0. The summed E-state index contributed by atoms with van der Waals surface area (Å²) in [6.45, 7) is 9.65. The number of aliphatic hydroxyl groups excluding tert-OH is 1. The van der Waals surface area contributed by atoms with Crippen molar-refractivity contribution < 1.29 is 14.6 Å². The Bertz CT molecular complexity index is 281. The molecule has 5 heteroatoms. The Kier molecular flexibility index (Phi) is 5.56. The first-order valence-electron chi connectivity index (χ1n) is 6.63. The van der Waals surface area contributed by atoms with Crippen LogP contribution in [0.2, 0.25) is 0 Å². The quantitative estimate of drug-likeness (QED) is 0.721. The van der Waals surface area contributed by atoms with Gasteiger partial charge in [-0.1, -0.05) is 6.92 Å². The predicted octanol–water partition coefficient (Wildman–Crippen LogP) is 0.360. The zero-order chi connectivity index (χ0) is 13.8. The monoisotopic (exact) mass is 258 g/mol. The van der Waals surface area contributed by atoms with Gasteiger partial charge in [-0.25, -0.2) is 0 Å². The van der Waals surface area contributed by atoms with Gasteiger partial charge in [-0.05, 0) is 32.7 Å². The Hall–Kier alpha value is -0.650. The maximum Gasteiger partial charge on any atom is 0.220 e. The minimum Gasteiger partial charge on any atom is -0.392 e. The zero-order valence-corrected chi connectivity index (χ0v) is 11.7. The predicted molar refractivity (Wildman–Crippen MR) is 70.1 cm³/mol. The second-order valence-electron chi connectivity index (χ2n) is 5.89. The molecule has 3 N–H and O–H groups in total. The summed E-state index contributed by atoms with van der Waals surface area (Å²) in [6.07, 6.45) is 0.289. The van der Waals surface area contributed by atoms with Crippen molar-refractivity contribution in [1.29, 1.82) is 0 Å². The van der Waals surface area contributed by atoms with Gasteiger partial charge in [-0.3, -0.25) is 9.69 Å². The normalized spacial score (nSPS) is 23.6. The first kappa shape index (κ1) is 15.4. The molecule has 0 aliphatic carbocycles. The van der Waals surface area contributed by atoms with E-state index in [0.29, 0.717) is 0 Å². The van der Waals surface area contributed by atoms with Crippen molar-refractivity contribution in [2.75, 3.05) is 26.2 Å². The van der Waals surface area contributed by atoms with Crippen LogP contribution in [0, 0.1) is 5.92 Å². The summed E-state index contributed by atoms with van der Waals surface area (Å²) in [5.41, 5.74) is 4.99. The standard InChI is InChI=1S/C13H26N2O3/c1-10(11(16)8-12(14)17)4-5-15-6-7-18-13(2,3)9-15/h10-11,16H,4-9H2,1-3H3,(H2,14,17)/t10-,11+/m1/s1. The molecule has 18 heavy (non-hydrogen) atoms. The number of primary amides is 1. The topological polar surface area (TPSA) is 75.8 Å². The van der Waals surface area contributed by atoms with E-state index in [0.717, 1.165) is 32.7 Å². The number of hydrogen-bond acceptors (Lipinski definition) is 4. The lowest BCUT2D eigenvalue weighted by Crippen LogP contribution is -2.48. The Morgan fingerprint density at radius 1 is 1.56 bits per heavy atom. The van der Waals surface area contributed by atoms with Crippen LogP contribution in [0.4, 0.5) is 0 Å². The average molecular weight is 258 g/mol. The number of ether oxygens (including phenoxy) is 1. The molecule has 106 valence electrons. The fourth-order valence-corrected chi connectivity index (χ4v) is 2.29. The average Bonchev–Trinajstić information content (AvgIpc) is 2.23. The highest BCUT2D eigenvalue weighted by atomic mass is 16.5. The van der Waals surface area contributed by atoms with Gasteiger partial charge in [0, 0.05) is 13.1 Å². The molecule has 2 atom stereocenters. The summed E-state index contributed by atoms with van der Waals surface area (Å²) in [5, 5.41) is 9.78. The lowest BCUT2D eigenvalue weighted by atomic mass is 9.97. The van der Waals surface area contributed by atoms with E-state index in [1.54, 1.807) is 0 Å². The van der Waals surface area contributed by atoms with Gasteiger partial charge in [0.2, 0.25) is 5.91 Å². The van der Waals surface area contributed by atoms with E-state index in [9.17, 15) is 9.90 Å². The zero-order valence-electron chi connectivity index (χ0n) is 11.7. The second-order valence-corrected chi connectivity index (χ2v) is 5.89. The first-order valence-corrected chi connectivity index (χ1v) is 6.63. The van der Waals surface area contributed by atoms with Gasteiger partial charge in [-0.15, -0.1) is 0 Å². The van der Waals surface area contributed by atoms with E-state index in [4.69, 9.17) is 10.5 Å². The highest BCUT2D eigenvalue weighted by molar-refractivity contribution is 5.74. The molecule has 0 unspecified atom stereocenters. The van der Waals surface area contributed by atoms with E-state index in [2.05, 4.69) is 18.7 Å². The summed E-state index contributed by atoms with van der Waals surface area (Å²) in [7, 11) is 0. The Balaban J connectivity index is 2.29. The number of carbonyl (C=O) groups excluding carboxylic acids is 1. The highest BCUT2D eigenvalue weighted by Crippen LogP contribution is 2.18. The van der Waals surface area contributed by atoms with Gasteiger partial charge in [0.05, 0.1) is 24.7 Å². The number of rotatable bonds is 6. The maximum absolute atomic E-state index is 10.7. The van der Waals surface area contributed by atoms with E-state index in [1.165, 1.54) is 0 Å². The molecular formula is C13H26N2O3. The van der Waals surface area contributed by atoms with Crippen LogP contribution in [0.25, 0.3) is 0 Å². The fourth-order valence-electron chi connectivity index (χ4n) is 2.29. The molecule has 0 saturated carbocycles. The van der Waals surface area contributed by atoms with Crippen LogP contribution < -0.4 is 5.73 Å². The van der Waals surface area contributed by atoms with Crippen LogP contribution in [-0.4, -0.2) is 53.9 Å². The fraction of sp³-hybridized carbons (Fsp3) is 0.923. The van der Waals surface area contributed by atoms with E-state index in [-0.39, 0.29) is 17.9 Å². The van der Waals surface area contributed by atoms with Gasteiger partial charge in [-0.2, -0.15) is 0 Å². The minimum absolute atomic E-state index is 0.0514. The number of nitrogens with two attached hydrogens (primary N) is 1. The lowest BCUT2D eigenvalue weighted by molar-refractivity contribution is -0.120. The van der Waals surface area contributed by atoms with E-state index in [1.807, 2.05) is 6.92 Å². The van der Waals surface area contributed by atoms with Crippen LogP contribution in [0.5, 0.6) is 0 Å². The van der Waals surface area contributed by atoms with Crippen LogP contribution in [0.1, 0.15) is 33.6 Å². The van der Waals surface area contributed by atoms with Crippen LogP contribution in [0.15, 0.2) is 0 Å². The summed E-state index contributed by atoms with van der Waals surface area (Å²) in [4.78, 5) is 13.1. The van der Waals surface area contributed by atoms with Gasteiger partial charge in [0.1, 0.15) is 0 Å². The molecule has 1 heterocycles. The molecule has 1 fully saturated rings. The largest absolute Gasteiger partial charge is 0.392 e. The van der Waals surface area contributed by atoms with E-state index < -0.39 is 12.0 Å². The van der Waals surface area contributed by atoms with Gasteiger partial charge in [0.15, 0.2) is 0 Å². The Morgan fingerprint density at radius 3 is 2.78 bits per heavy atom. The lowest BCUT2D eigenvalue weighted by Gasteiger charge is -2.38. The Morgan fingerprint density at radius 2 is 2.22 bits per heavy atom. The molecule has 1 aliphatic heterocycles. The molecule has 5 nitrogen and oxygen atoms in total. The van der Waals surface area contributed by atoms with Crippen LogP contribution in [-0.2, 0) is 9.53 Å². The molecule has 1 rings (SSSR count). The van der Waals surface area contributed by atoms with E-state index >= 15 is 0 Å². The SMILES string of the molecule is C[C@H](CCN1CCOC(C)(C)C1)[C@@H](O)CC(N)=O. The molecular weight excluding hydrogens is 232 g/mol. The number of morpholine rings is 1. The van der Waals surface area contributed by atoms with Crippen molar-refractivity contribution in [3.8, 4) is 0 Å². The van der Waals surface area contributed by atoms with Gasteiger partial charge in [0.25, 0.3) is 0 Å². The smallest absolute Gasteiger partial charge is 0.220 e. The molecule has 1 amide bonds. The maximum atomic E-state index is 10.7. The molecule has 1 aliphatic rings. The molecule has 0 radical (unpaired) electrons. The van der Waals surface area contributed by atoms with Crippen molar-refractivity contribution in [3.63, 3.8) is 0 Å². The number of carbonyl (C=O) groups is 1. The van der Waals surface area contributed by atoms with Gasteiger partial charge >= 0.3 is 0 Å². The number of aliphatic hydroxyl groups is 1. The first-order chi connectivity index (χ1) is 8.30. The number of amides is 1. The molecule has 0 aromatic carbocycles. The third-order valence-corrected chi connectivity index (χ3v) is 3.47. The summed E-state index contributed by atoms with van der Waals surface area (Å²) >= 11 is 0. The minimum atomic E-state index is -0.628. The van der Waals surface area contributed by atoms with Crippen molar-refractivity contribution in [2.24, 2.45) is 11.7 Å². The molecule has 0 bridgehead atoms. The van der Waals surface area contributed by atoms with Crippen LogP contribution in [0.3, 0.4) is 0 Å². The molecule has 0 aromatic rings. The highest BCUT2D eigenvalue weighted by Gasteiger charge is 2.27. The third kappa shape index (κ3) is 5.33. The molecule has 0 spiro atoms. The Labute approximate surface area is 109 Å². The van der Waals surface area contributed by atoms with Gasteiger partial charge < -0.3 is 15.6 Å². The summed E-state index contributed by atoms with van der Waals surface area (Å²) in [5.74, 6) is -0.356.